The molecule has 1 amide bonds. The maximum atomic E-state index is 16.9. The summed E-state index contributed by atoms with van der Waals surface area (Å²) in [7, 11) is 5.00. The van der Waals surface area contributed by atoms with E-state index < -0.39 is 88.0 Å². The Morgan fingerprint density at radius 1 is 1.06 bits per heavy atom. The van der Waals surface area contributed by atoms with Crippen LogP contribution in [0, 0.1) is 27.9 Å². The van der Waals surface area contributed by atoms with Crippen molar-refractivity contribution in [2.24, 2.45) is 17.8 Å². The number of non-ortho nitro benzene ring substituents is 1. The number of nitro benzene ring substituents is 1. The molecule has 0 radical (unpaired) electrons. The molecule has 1 aromatic heterocycles. The summed E-state index contributed by atoms with van der Waals surface area (Å²) in [6.07, 6.45) is -3.10. The number of nitrogens with zero attached hydrogens (tertiary/aromatic N) is 6. The van der Waals surface area contributed by atoms with E-state index in [-0.39, 0.29) is 43.0 Å². The van der Waals surface area contributed by atoms with E-state index >= 15 is 4.39 Å². The number of benzene rings is 1. The molecule has 5 rings (SSSR count). The molecule has 1 unspecified atom stereocenters. The van der Waals surface area contributed by atoms with E-state index in [2.05, 4.69) is 10.3 Å². The number of ketones is 2. The lowest BCUT2D eigenvalue weighted by atomic mass is 9.73. The van der Waals surface area contributed by atoms with E-state index in [0.717, 1.165) is 6.92 Å². The van der Waals surface area contributed by atoms with Crippen LogP contribution < -0.4 is 0 Å². The van der Waals surface area contributed by atoms with Crippen molar-refractivity contribution in [3.05, 3.63) is 40.6 Å². The van der Waals surface area contributed by atoms with Gasteiger partial charge in [0.05, 0.1) is 35.0 Å². The number of halogens is 1. The quantitative estimate of drug-likeness (QED) is 0.0984. The third kappa shape index (κ3) is 9.71. The molecule has 18 nitrogen and oxygen atoms in total. The van der Waals surface area contributed by atoms with Crippen molar-refractivity contribution in [1.29, 1.82) is 0 Å². The number of aliphatic hydroxyl groups is 1. The maximum Gasteiger partial charge on any atom is 0.410 e. The number of aliphatic hydroxyl groups excluding tert-OH is 1. The van der Waals surface area contributed by atoms with E-state index in [1.54, 1.807) is 57.6 Å². The molecule has 1 N–H and O–H groups in total. The van der Waals surface area contributed by atoms with Gasteiger partial charge in [-0.3, -0.25) is 24.4 Å². The zero-order valence-corrected chi connectivity index (χ0v) is 37.6. The minimum absolute atomic E-state index is 0.0381. The van der Waals surface area contributed by atoms with Gasteiger partial charge < -0.3 is 38.6 Å². The van der Waals surface area contributed by atoms with E-state index in [1.165, 1.54) is 31.1 Å². The van der Waals surface area contributed by atoms with Crippen LogP contribution in [0.3, 0.4) is 0 Å². The molecule has 0 saturated carbocycles. The molecule has 3 aliphatic heterocycles. The highest BCUT2D eigenvalue weighted by Crippen LogP contribution is 2.44. The first-order valence-corrected chi connectivity index (χ1v) is 21.3. The predicted octanol–water partition coefficient (Wildman–Crippen LogP) is 4.93. The topological polar surface area (TPSA) is 215 Å². The number of aromatic nitrogens is 3. The first-order chi connectivity index (χ1) is 29.0. The van der Waals surface area contributed by atoms with Crippen molar-refractivity contribution in [2.45, 2.75) is 154 Å². The van der Waals surface area contributed by atoms with Gasteiger partial charge in [-0.05, 0) is 73.9 Å². The van der Waals surface area contributed by atoms with Crippen LogP contribution >= 0.6 is 0 Å². The molecule has 13 atom stereocenters. The van der Waals surface area contributed by atoms with Crippen molar-refractivity contribution in [2.75, 3.05) is 27.7 Å². The van der Waals surface area contributed by atoms with Gasteiger partial charge >= 0.3 is 12.1 Å². The fourth-order valence-corrected chi connectivity index (χ4v) is 9.59. The largest absolute Gasteiger partial charge is 0.455 e. The van der Waals surface area contributed by atoms with Crippen molar-refractivity contribution < 1.29 is 57.3 Å². The number of Topliss-reactive ketones (excluding diaryl/α,β-unsaturated/α-hetero) is 2. The third-order valence-electron chi connectivity index (χ3n) is 13.1. The molecule has 0 aliphatic carbocycles. The summed E-state index contributed by atoms with van der Waals surface area (Å²) in [5.74, 6) is -6.02. The fourth-order valence-electron chi connectivity index (χ4n) is 9.59. The minimum Gasteiger partial charge on any atom is -0.455 e. The van der Waals surface area contributed by atoms with Crippen LogP contribution in [0.4, 0.5) is 14.9 Å². The molecule has 0 bridgehead atoms. The number of aryl methyl sites for hydroxylation is 1. The average Bonchev–Trinajstić information content (AvgIpc) is 3.81. The van der Waals surface area contributed by atoms with Gasteiger partial charge in [-0.2, -0.15) is 0 Å². The van der Waals surface area contributed by atoms with Gasteiger partial charge in [-0.15, -0.1) is 5.10 Å². The monoisotopic (exact) mass is 874 g/mol. The van der Waals surface area contributed by atoms with Crippen molar-refractivity contribution in [3.8, 4) is 11.3 Å². The lowest BCUT2D eigenvalue weighted by molar-refractivity contribution is -0.384. The van der Waals surface area contributed by atoms with Gasteiger partial charge in [0, 0.05) is 61.7 Å². The first kappa shape index (κ1) is 48.6. The molecule has 4 heterocycles. The van der Waals surface area contributed by atoms with Crippen LogP contribution in [0.15, 0.2) is 30.5 Å². The van der Waals surface area contributed by atoms with E-state index in [1.807, 2.05) is 25.9 Å². The number of alkyl halides is 1. The maximum absolute atomic E-state index is 16.9. The second kappa shape index (κ2) is 19.1. The number of amides is 1. The van der Waals surface area contributed by atoms with Crippen LogP contribution in [-0.2, 0) is 44.6 Å². The zero-order valence-electron chi connectivity index (χ0n) is 37.6. The molecule has 3 fully saturated rings. The number of nitro groups is 1. The molecule has 62 heavy (non-hydrogen) atoms. The number of fused-ring (bicyclic) bond motifs is 1. The molecule has 0 spiro atoms. The van der Waals surface area contributed by atoms with Gasteiger partial charge in [0.1, 0.15) is 23.7 Å². The number of esters is 1. The van der Waals surface area contributed by atoms with E-state index in [4.69, 9.17) is 23.7 Å². The van der Waals surface area contributed by atoms with Crippen LogP contribution in [0.2, 0.25) is 0 Å². The summed E-state index contributed by atoms with van der Waals surface area (Å²) in [5, 5.41) is 31.0. The molecule has 2 aromatic rings. The Balaban J connectivity index is 1.44. The number of carbonyl (C=O) groups excluding carboxylic acids is 4. The SMILES string of the molecule is CC[C@H]1OC(=O)[C@@](C)(F)C(=O)[C@H](C)[C@@H](O[C@@H]2O[C@H](C)C[C@H](N(C)C)[C@H]2O)[C@@](C)(OC)C[C@@H](C)C(=O)[C@H](C)C2N(CCCCn3cc(-c4cccc([N+](=O)[O-])c4)nn3)C(=O)O[C@@]21C. The van der Waals surface area contributed by atoms with E-state index in [9.17, 15) is 34.4 Å². The van der Waals surface area contributed by atoms with Gasteiger partial charge in [0.2, 0.25) is 0 Å². The Labute approximate surface area is 361 Å². The molecule has 1 aromatic carbocycles. The molecule has 344 valence electrons. The van der Waals surface area contributed by atoms with Crippen molar-refractivity contribution >= 4 is 29.3 Å². The summed E-state index contributed by atoms with van der Waals surface area (Å²) in [4.78, 5) is 70.8. The van der Waals surface area contributed by atoms with Gasteiger partial charge in [-0.1, -0.05) is 45.0 Å². The highest BCUT2D eigenvalue weighted by atomic mass is 19.1. The van der Waals surface area contributed by atoms with Gasteiger partial charge in [-0.25, -0.2) is 14.0 Å². The van der Waals surface area contributed by atoms with Gasteiger partial charge in [0.15, 0.2) is 17.7 Å². The number of ether oxygens (including phenoxy) is 5. The summed E-state index contributed by atoms with van der Waals surface area (Å²) < 4.78 is 49.0. The smallest absolute Gasteiger partial charge is 0.410 e. The molecule has 19 heteroatoms. The summed E-state index contributed by atoms with van der Waals surface area (Å²) >= 11 is 0. The second-order valence-electron chi connectivity index (χ2n) is 18.0. The zero-order chi connectivity index (χ0) is 46.1. The normalized spacial score (nSPS) is 36.3. The first-order valence-electron chi connectivity index (χ1n) is 21.3. The molecule has 3 saturated heterocycles. The van der Waals surface area contributed by atoms with Crippen LogP contribution in [0.1, 0.15) is 87.5 Å². The Bertz CT molecular complexity index is 1960. The lowest BCUT2D eigenvalue weighted by Gasteiger charge is -2.47. The number of rotatable bonds is 12. The minimum atomic E-state index is -3.21. The van der Waals surface area contributed by atoms with Gasteiger partial charge in [0.25, 0.3) is 11.4 Å². The highest BCUT2D eigenvalue weighted by Gasteiger charge is 2.61. The Kier molecular flexibility index (Phi) is 15.0. The lowest BCUT2D eigenvalue weighted by Crippen LogP contribution is -2.61. The Morgan fingerprint density at radius 2 is 1.74 bits per heavy atom. The van der Waals surface area contributed by atoms with Crippen LogP contribution in [0.5, 0.6) is 0 Å². The fraction of sp³-hybridized carbons (Fsp3) is 0.721. The predicted molar refractivity (Wildman–Crippen MR) is 221 cm³/mol. The summed E-state index contributed by atoms with van der Waals surface area (Å²) in [5.41, 5.74) is -5.44. The van der Waals surface area contributed by atoms with Crippen LogP contribution in [-0.4, -0.2) is 146 Å². The number of unbranched alkanes of at least 4 members (excludes halogenated alkanes) is 1. The van der Waals surface area contributed by atoms with Crippen molar-refractivity contribution in [1.82, 2.24) is 24.8 Å². The Morgan fingerprint density at radius 3 is 2.37 bits per heavy atom. The standard InChI is InChI=1S/C43H63FN6O12/c1-12-32-43(8)35(49(40(55)62-43)19-14-13-18-48-23-30(45-46-48)28-16-15-17-29(21-28)50(56)57)26(4)33(51)24(2)22-41(6,58-11)37(27(5)36(53)42(7,44)39(54)60-32)61-38-34(52)31(47(9)10)20-25(3)59-38/h15-17,21,23-27,31-32,34-35,37-38,52H,12-14,18-20,22H2,1-11H3/t24-,25-,26+,27+,31+,32-,34-,35?,37-,38+,41+,42+,43-/m1/s1. The number of hydrogen-bond donors (Lipinski definition) is 1. The Hall–Kier alpha value is -4.43. The highest BCUT2D eigenvalue weighted by molar-refractivity contribution is 6.08. The number of carbonyl (C=O) groups is 4. The number of likely N-dealkylation sites (N-methyl/N-ethyl adjacent to an activating group) is 1. The average molecular weight is 875 g/mol. The number of hydrogen-bond acceptors (Lipinski definition) is 15. The van der Waals surface area contributed by atoms with Crippen LogP contribution in [0.25, 0.3) is 11.3 Å². The number of methoxy groups -OCH3 is 1. The molecular weight excluding hydrogens is 812 g/mol. The summed E-state index contributed by atoms with van der Waals surface area (Å²) in [6, 6.07) is 4.68. The third-order valence-corrected chi connectivity index (χ3v) is 13.1. The second-order valence-corrected chi connectivity index (χ2v) is 18.0. The molecule has 3 aliphatic rings. The summed E-state index contributed by atoms with van der Waals surface area (Å²) in [6.45, 7) is 12.8. The van der Waals surface area contributed by atoms with Crippen molar-refractivity contribution in [3.63, 3.8) is 0 Å². The van der Waals surface area contributed by atoms with E-state index in [0.29, 0.717) is 37.1 Å². The molecular formula is C43H63FN6O12. The number of cyclic esters (lactones) is 1.